The van der Waals surface area contributed by atoms with Gasteiger partial charge >= 0.3 is 0 Å². The maximum Gasteiger partial charge on any atom is 0.244 e. The molecule has 0 aliphatic rings. The van der Waals surface area contributed by atoms with Crippen molar-refractivity contribution in [3.05, 3.63) is 54.1 Å². The van der Waals surface area contributed by atoms with Gasteiger partial charge in [-0.15, -0.1) is 0 Å². The van der Waals surface area contributed by atoms with Crippen LogP contribution >= 0.6 is 0 Å². The Morgan fingerprint density at radius 2 is 2.05 bits per heavy atom. The van der Waals surface area contributed by atoms with Crippen molar-refractivity contribution in [2.45, 2.75) is 6.54 Å². The van der Waals surface area contributed by atoms with Gasteiger partial charge in [-0.05, 0) is 18.2 Å². The van der Waals surface area contributed by atoms with Crippen LogP contribution in [0.3, 0.4) is 0 Å². The van der Waals surface area contributed by atoms with Crippen LogP contribution in [-0.2, 0) is 11.3 Å². The maximum atomic E-state index is 11.6. The molecule has 0 spiro atoms. The number of amides is 1. The first-order chi connectivity index (χ1) is 9.24. The Morgan fingerprint density at radius 1 is 1.26 bits per heavy atom. The van der Waals surface area contributed by atoms with Gasteiger partial charge in [-0.2, -0.15) is 0 Å². The third kappa shape index (κ3) is 4.19. The molecular formula is C13H13N5O. The molecule has 0 unspecified atom stereocenters. The van der Waals surface area contributed by atoms with Crippen LogP contribution < -0.4 is 11.1 Å². The minimum Gasteiger partial charge on any atom is -0.368 e. The Morgan fingerprint density at radius 3 is 2.74 bits per heavy atom. The monoisotopic (exact) mass is 255 g/mol. The number of nitrogens with one attached hydrogen (secondary N) is 1. The lowest BCUT2D eigenvalue weighted by Gasteiger charge is -2.00. The number of anilines is 1. The Bertz CT molecular complexity index is 565. The maximum absolute atomic E-state index is 11.6. The average Bonchev–Trinajstić information content (AvgIpc) is 2.45. The molecule has 0 saturated heterocycles. The van der Waals surface area contributed by atoms with E-state index in [2.05, 4.69) is 20.3 Å². The molecule has 2 aromatic heterocycles. The fourth-order valence-corrected chi connectivity index (χ4v) is 1.35. The van der Waals surface area contributed by atoms with E-state index in [0.29, 0.717) is 12.1 Å². The number of nitrogens with zero attached hydrogens (tertiary/aromatic N) is 3. The SMILES string of the molecule is Nc1ncc(C=CC(=O)NCc2ccccn2)cn1. The van der Waals surface area contributed by atoms with Crippen LogP contribution in [-0.4, -0.2) is 20.9 Å². The lowest BCUT2D eigenvalue weighted by atomic mass is 10.3. The van der Waals surface area contributed by atoms with Crippen LogP contribution in [0.4, 0.5) is 5.95 Å². The zero-order valence-electron chi connectivity index (χ0n) is 10.2. The summed E-state index contributed by atoms with van der Waals surface area (Å²) in [5.41, 5.74) is 6.88. The van der Waals surface area contributed by atoms with Crippen molar-refractivity contribution in [1.82, 2.24) is 20.3 Å². The first-order valence-electron chi connectivity index (χ1n) is 5.67. The van der Waals surface area contributed by atoms with Gasteiger partial charge in [0.05, 0.1) is 12.2 Å². The second-order valence-electron chi connectivity index (χ2n) is 3.75. The predicted octanol–water partition coefficient (Wildman–Crippen LogP) is 0.783. The summed E-state index contributed by atoms with van der Waals surface area (Å²) in [6.45, 7) is 0.391. The molecule has 19 heavy (non-hydrogen) atoms. The number of nitrogens with two attached hydrogens (primary N) is 1. The van der Waals surface area contributed by atoms with Crippen LogP contribution in [0.15, 0.2) is 42.9 Å². The summed E-state index contributed by atoms with van der Waals surface area (Å²) in [7, 11) is 0. The van der Waals surface area contributed by atoms with Crippen molar-refractivity contribution in [1.29, 1.82) is 0 Å². The number of rotatable bonds is 4. The van der Waals surface area contributed by atoms with Gasteiger partial charge in [-0.3, -0.25) is 9.78 Å². The van der Waals surface area contributed by atoms with Gasteiger partial charge in [0.25, 0.3) is 0 Å². The molecule has 96 valence electrons. The molecule has 0 saturated carbocycles. The fourth-order valence-electron chi connectivity index (χ4n) is 1.35. The van der Waals surface area contributed by atoms with Crippen molar-refractivity contribution >= 4 is 17.9 Å². The first-order valence-corrected chi connectivity index (χ1v) is 5.67. The van der Waals surface area contributed by atoms with E-state index in [1.54, 1.807) is 24.7 Å². The molecule has 0 atom stereocenters. The number of hydrogen-bond acceptors (Lipinski definition) is 5. The van der Waals surface area contributed by atoms with Crippen molar-refractivity contribution < 1.29 is 4.79 Å². The molecular weight excluding hydrogens is 242 g/mol. The van der Waals surface area contributed by atoms with Crippen molar-refractivity contribution in [2.75, 3.05) is 5.73 Å². The molecule has 0 fully saturated rings. The molecule has 0 aliphatic carbocycles. The number of aromatic nitrogens is 3. The molecule has 0 radical (unpaired) electrons. The minimum absolute atomic E-state index is 0.205. The topological polar surface area (TPSA) is 93.8 Å². The summed E-state index contributed by atoms with van der Waals surface area (Å²) in [4.78, 5) is 23.3. The highest BCUT2D eigenvalue weighted by atomic mass is 16.1. The van der Waals surface area contributed by atoms with E-state index in [9.17, 15) is 4.79 Å². The Hall–Kier alpha value is -2.76. The van der Waals surface area contributed by atoms with Crippen LogP contribution in [0.5, 0.6) is 0 Å². The van der Waals surface area contributed by atoms with Gasteiger partial charge in [0, 0.05) is 30.2 Å². The number of carbonyl (C=O) groups is 1. The molecule has 3 N–H and O–H groups in total. The average molecular weight is 255 g/mol. The third-order valence-corrected chi connectivity index (χ3v) is 2.29. The normalized spacial score (nSPS) is 10.5. The van der Waals surface area contributed by atoms with E-state index in [-0.39, 0.29) is 11.9 Å². The second kappa shape index (κ2) is 6.25. The molecule has 6 heteroatoms. The van der Waals surface area contributed by atoms with Gasteiger partial charge in [-0.1, -0.05) is 6.07 Å². The highest BCUT2D eigenvalue weighted by Crippen LogP contribution is 1.99. The lowest BCUT2D eigenvalue weighted by Crippen LogP contribution is -2.20. The smallest absolute Gasteiger partial charge is 0.244 e. The molecule has 1 amide bonds. The van der Waals surface area contributed by atoms with E-state index in [1.807, 2.05) is 18.2 Å². The van der Waals surface area contributed by atoms with E-state index in [1.165, 1.54) is 6.08 Å². The number of nitrogen functional groups attached to an aromatic ring is 1. The van der Waals surface area contributed by atoms with Crippen LogP contribution in [0, 0.1) is 0 Å². The summed E-state index contributed by atoms with van der Waals surface area (Å²) < 4.78 is 0. The second-order valence-corrected chi connectivity index (χ2v) is 3.75. The predicted molar refractivity (Wildman–Crippen MR) is 71.6 cm³/mol. The third-order valence-electron chi connectivity index (χ3n) is 2.29. The van der Waals surface area contributed by atoms with Crippen molar-refractivity contribution in [3.8, 4) is 0 Å². The standard InChI is InChI=1S/C13H13N5O/c14-13-17-7-10(8-18-13)4-5-12(19)16-9-11-3-1-2-6-15-11/h1-8H,9H2,(H,16,19)(H2,14,17,18). The fraction of sp³-hybridized carbons (Fsp3) is 0.0769. The van der Waals surface area contributed by atoms with E-state index in [0.717, 1.165) is 5.69 Å². The lowest BCUT2D eigenvalue weighted by molar-refractivity contribution is -0.116. The highest BCUT2D eigenvalue weighted by Gasteiger charge is 1.97. The van der Waals surface area contributed by atoms with Gasteiger partial charge < -0.3 is 11.1 Å². The zero-order chi connectivity index (χ0) is 13.5. The van der Waals surface area contributed by atoms with Gasteiger partial charge in [0.2, 0.25) is 11.9 Å². The Kier molecular flexibility index (Phi) is 4.17. The first kappa shape index (κ1) is 12.7. The number of pyridine rings is 1. The minimum atomic E-state index is -0.206. The summed E-state index contributed by atoms with van der Waals surface area (Å²) in [6.07, 6.45) is 7.81. The molecule has 6 nitrogen and oxygen atoms in total. The van der Waals surface area contributed by atoms with Crippen molar-refractivity contribution in [3.63, 3.8) is 0 Å². The number of carbonyl (C=O) groups excluding carboxylic acids is 1. The largest absolute Gasteiger partial charge is 0.368 e. The van der Waals surface area contributed by atoms with E-state index >= 15 is 0 Å². The van der Waals surface area contributed by atoms with Gasteiger partial charge in [0.1, 0.15) is 0 Å². The number of hydrogen-bond donors (Lipinski definition) is 2. The van der Waals surface area contributed by atoms with E-state index < -0.39 is 0 Å². The molecule has 0 bridgehead atoms. The molecule has 0 aliphatic heterocycles. The Balaban J connectivity index is 1.86. The quantitative estimate of drug-likeness (QED) is 0.787. The summed E-state index contributed by atoms with van der Waals surface area (Å²) in [5.74, 6) is -0.000712. The highest BCUT2D eigenvalue weighted by molar-refractivity contribution is 5.91. The Labute approximate surface area is 110 Å². The van der Waals surface area contributed by atoms with Gasteiger partial charge in [-0.25, -0.2) is 9.97 Å². The van der Waals surface area contributed by atoms with Crippen LogP contribution in [0.1, 0.15) is 11.3 Å². The zero-order valence-corrected chi connectivity index (χ0v) is 10.2. The molecule has 0 aromatic carbocycles. The summed E-state index contributed by atoms with van der Waals surface area (Å²) >= 11 is 0. The summed E-state index contributed by atoms with van der Waals surface area (Å²) in [6, 6.07) is 5.54. The van der Waals surface area contributed by atoms with E-state index in [4.69, 9.17) is 5.73 Å². The molecule has 2 rings (SSSR count). The van der Waals surface area contributed by atoms with Gasteiger partial charge in [0.15, 0.2) is 0 Å². The summed E-state index contributed by atoms with van der Waals surface area (Å²) in [5, 5.41) is 2.73. The molecule has 2 heterocycles. The van der Waals surface area contributed by atoms with Crippen LogP contribution in [0.25, 0.3) is 6.08 Å². The van der Waals surface area contributed by atoms with Crippen LogP contribution in [0.2, 0.25) is 0 Å². The molecule has 2 aromatic rings. The van der Waals surface area contributed by atoms with Crippen molar-refractivity contribution in [2.24, 2.45) is 0 Å².